The second-order valence-corrected chi connectivity index (χ2v) is 3.51. The maximum atomic E-state index is 11.4. The van der Waals surface area contributed by atoms with Crippen LogP contribution in [0, 0.1) is 0 Å². The monoisotopic (exact) mass is 249 g/mol. The third-order valence-electron chi connectivity index (χ3n) is 1.88. The van der Waals surface area contributed by atoms with Gasteiger partial charge in [0.1, 0.15) is 12.4 Å². The number of hydrogen-bond donors (Lipinski definition) is 2. The Labute approximate surface area is 105 Å². The normalized spacial score (nSPS) is 9.39. The highest BCUT2D eigenvalue weighted by Gasteiger charge is 2.04. The fourth-order valence-electron chi connectivity index (χ4n) is 1.03. The van der Waals surface area contributed by atoms with Gasteiger partial charge in [-0.2, -0.15) is 0 Å². The molecule has 0 aliphatic carbocycles. The van der Waals surface area contributed by atoms with E-state index < -0.39 is 12.0 Å². The Kier molecular flexibility index (Phi) is 5.37. The maximum absolute atomic E-state index is 11.4. The summed E-state index contributed by atoms with van der Waals surface area (Å²) in [4.78, 5) is 26.3. The van der Waals surface area contributed by atoms with Crippen LogP contribution in [0.25, 0.3) is 0 Å². The number of anilines is 1. The van der Waals surface area contributed by atoms with E-state index in [1.165, 1.54) is 0 Å². The van der Waals surface area contributed by atoms with Gasteiger partial charge in [-0.25, -0.2) is 14.6 Å². The smallest absolute Gasteiger partial charge is 0.333 e. The van der Waals surface area contributed by atoms with Crippen molar-refractivity contribution in [2.45, 2.75) is 6.92 Å². The van der Waals surface area contributed by atoms with Gasteiger partial charge in [-0.15, -0.1) is 0 Å². The van der Waals surface area contributed by atoms with Crippen LogP contribution in [0.2, 0.25) is 0 Å². The number of esters is 1. The molecule has 1 aromatic heterocycles. The topological polar surface area (TPSA) is 80.3 Å². The van der Waals surface area contributed by atoms with Crippen LogP contribution in [-0.2, 0) is 9.53 Å². The minimum absolute atomic E-state index is 0.0985. The standard InChI is InChI=1S/C12H15N3O3/c1-9(2)11(16)18-8-7-14-12(17)15-10-5-3-4-6-13-10/h3-6H,1,7-8H2,2H3,(H2,13,14,15,17). The molecule has 1 rings (SSSR count). The zero-order valence-corrected chi connectivity index (χ0v) is 10.1. The molecular weight excluding hydrogens is 234 g/mol. The van der Waals surface area contributed by atoms with E-state index in [9.17, 15) is 9.59 Å². The minimum Gasteiger partial charge on any atom is -0.460 e. The summed E-state index contributed by atoms with van der Waals surface area (Å²) in [5.41, 5.74) is 0.327. The van der Waals surface area contributed by atoms with E-state index in [2.05, 4.69) is 22.2 Å². The van der Waals surface area contributed by atoms with E-state index in [4.69, 9.17) is 4.74 Å². The van der Waals surface area contributed by atoms with Gasteiger partial charge in [-0.05, 0) is 19.1 Å². The lowest BCUT2D eigenvalue weighted by atomic mass is 10.4. The molecule has 0 fully saturated rings. The Morgan fingerprint density at radius 1 is 1.44 bits per heavy atom. The summed E-state index contributed by atoms with van der Waals surface area (Å²) in [6.45, 7) is 5.32. The first-order valence-corrected chi connectivity index (χ1v) is 5.38. The third kappa shape index (κ3) is 5.11. The molecule has 96 valence electrons. The van der Waals surface area contributed by atoms with E-state index in [0.717, 1.165) is 0 Å². The lowest BCUT2D eigenvalue weighted by Crippen LogP contribution is -2.32. The minimum atomic E-state index is -0.470. The van der Waals surface area contributed by atoms with E-state index in [1.54, 1.807) is 31.3 Å². The van der Waals surface area contributed by atoms with Gasteiger partial charge in [0.05, 0.1) is 6.54 Å². The van der Waals surface area contributed by atoms with E-state index in [1.807, 2.05) is 0 Å². The van der Waals surface area contributed by atoms with Crippen molar-refractivity contribution in [2.24, 2.45) is 0 Å². The molecule has 0 spiro atoms. The maximum Gasteiger partial charge on any atom is 0.333 e. The van der Waals surface area contributed by atoms with Crippen LogP contribution in [-0.4, -0.2) is 30.1 Å². The summed E-state index contributed by atoms with van der Waals surface area (Å²) in [7, 11) is 0. The number of carbonyl (C=O) groups is 2. The molecule has 6 heteroatoms. The highest BCUT2D eigenvalue weighted by molar-refractivity contribution is 5.88. The molecule has 0 aliphatic rings. The van der Waals surface area contributed by atoms with Crippen molar-refractivity contribution in [1.82, 2.24) is 10.3 Å². The van der Waals surface area contributed by atoms with Crippen molar-refractivity contribution in [2.75, 3.05) is 18.5 Å². The molecule has 1 aromatic rings. The number of nitrogens with one attached hydrogen (secondary N) is 2. The second-order valence-electron chi connectivity index (χ2n) is 3.51. The summed E-state index contributed by atoms with van der Waals surface area (Å²) in [5.74, 6) is -0.0177. The lowest BCUT2D eigenvalue weighted by molar-refractivity contribution is -0.138. The van der Waals surface area contributed by atoms with Crippen LogP contribution in [0.4, 0.5) is 10.6 Å². The zero-order valence-electron chi connectivity index (χ0n) is 10.1. The van der Waals surface area contributed by atoms with Crippen LogP contribution in [0.1, 0.15) is 6.92 Å². The molecule has 0 saturated heterocycles. The highest BCUT2D eigenvalue weighted by Crippen LogP contribution is 1.98. The predicted molar refractivity (Wildman–Crippen MR) is 67.0 cm³/mol. The van der Waals surface area contributed by atoms with Crippen molar-refractivity contribution in [3.63, 3.8) is 0 Å². The van der Waals surface area contributed by atoms with Crippen LogP contribution < -0.4 is 10.6 Å². The van der Waals surface area contributed by atoms with E-state index >= 15 is 0 Å². The summed E-state index contributed by atoms with van der Waals surface area (Å²) in [5, 5.41) is 5.06. The molecule has 0 unspecified atom stereocenters. The van der Waals surface area contributed by atoms with Gasteiger partial charge in [0.2, 0.25) is 0 Å². The average Bonchev–Trinajstić information content (AvgIpc) is 2.35. The van der Waals surface area contributed by atoms with Gasteiger partial charge in [-0.1, -0.05) is 12.6 Å². The number of ether oxygens (including phenoxy) is 1. The molecule has 0 aliphatic heterocycles. The molecular formula is C12H15N3O3. The first-order chi connectivity index (χ1) is 8.59. The molecule has 0 atom stereocenters. The number of urea groups is 1. The molecule has 0 saturated carbocycles. The number of amides is 2. The van der Waals surface area contributed by atoms with Crippen LogP contribution in [0.15, 0.2) is 36.5 Å². The van der Waals surface area contributed by atoms with Crippen LogP contribution in [0.3, 0.4) is 0 Å². The number of rotatable bonds is 5. The fourth-order valence-corrected chi connectivity index (χ4v) is 1.03. The number of hydrogen-bond acceptors (Lipinski definition) is 4. The number of aromatic nitrogens is 1. The first kappa shape index (κ1) is 13.7. The van der Waals surface area contributed by atoms with Gasteiger partial charge >= 0.3 is 12.0 Å². The molecule has 0 radical (unpaired) electrons. The molecule has 2 amide bonds. The van der Waals surface area contributed by atoms with Crippen molar-refractivity contribution < 1.29 is 14.3 Å². The first-order valence-electron chi connectivity index (χ1n) is 5.38. The van der Waals surface area contributed by atoms with E-state index in [0.29, 0.717) is 11.4 Å². The Hall–Kier alpha value is -2.37. The van der Waals surface area contributed by atoms with Gasteiger partial charge in [0, 0.05) is 11.8 Å². The van der Waals surface area contributed by atoms with Gasteiger partial charge in [-0.3, -0.25) is 5.32 Å². The Bertz CT molecular complexity index is 431. The summed E-state index contributed by atoms with van der Waals surface area (Å²) in [6, 6.07) is 4.78. The van der Waals surface area contributed by atoms with Gasteiger partial charge in [0.25, 0.3) is 0 Å². The van der Waals surface area contributed by atoms with Crippen LogP contribution in [0.5, 0.6) is 0 Å². The number of carbonyl (C=O) groups excluding carboxylic acids is 2. The van der Waals surface area contributed by atoms with Crippen LogP contribution >= 0.6 is 0 Å². The Balaban J connectivity index is 2.18. The molecule has 0 bridgehead atoms. The quantitative estimate of drug-likeness (QED) is 0.468. The number of nitrogens with zero attached hydrogens (tertiary/aromatic N) is 1. The molecule has 1 heterocycles. The second kappa shape index (κ2) is 7.05. The highest BCUT2D eigenvalue weighted by atomic mass is 16.5. The van der Waals surface area contributed by atoms with Crippen molar-refractivity contribution in [3.8, 4) is 0 Å². The van der Waals surface area contributed by atoms with Crippen molar-refractivity contribution in [3.05, 3.63) is 36.5 Å². The molecule has 6 nitrogen and oxygen atoms in total. The van der Waals surface area contributed by atoms with Gasteiger partial charge in [0.15, 0.2) is 0 Å². The summed E-state index contributed by atoms with van der Waals surface area (Å²) in [6.07, 6.45) is 1.57. The largest absolute Gasteiger partial charge is 0.460 e. The van der Waals surface area contributed by atoms with Crippen molar-refractivity contribution >= 4 is 17.8 Å². The summed E-state index contributed by atoms with van der Waals surface area (Å²) >= 11 is 0. The fraction of sp³-hybridized carbons (Fsp3) is 0.250. The lowest BCUT2D eigenvalue weighted by Gasteiger charge is -2.07. The van der Waals surface area contributed by atoms with E-state index in [-0.39, 0.29) is 13.2 Å². The summed E-state index contributed by atoms with van der Waals surface area (Å²) < 4.78 is 4.81. The van der Waals surface area contributed by atoms with Gasteiger partial charge < -0.3 is 10.1 Å². The SMILES string of the molecule is C=C(C)C(=O)OCCNC(=O)Nc1ccccn1. The average molecular weight is 249 g/mol. The Morgan fingerprint density at radius 3 is 2.83 bits per heavy atom. The third-order valence-corrected chi connectivity index (χ3v) is 1.88. The van der Waals surface area contributed by atoms with Crippen molar-refractivity contribution in [1.29, 1.82) is 0 Å². The molecule has 18 heavy (non-hydrogen) atoms. The Morgan fingerprint density at radius 2 is 2.22 bits per heavy atom. The number of pyridine rings is 1. The molecule has 2 N–H and O–H groups in total. The molecule has 0 aromatic carbocycles. The predicted octanol–water partition coefficient (Wildman–Crippen LogP) is 1.32. The zero-order chi connectivity index (χ0) is 13.4.